The number of carboxylic acids is 1. The fourth-order valence-electron chi connectivity index (χ4n) is 5.82. The summed E-state index contributed by atoms with van der Waals surface area (Å²) in [5.41, 5.74) is 3.41. The van der Waals surface area contributed by atoms with Crippen molar-refractivity contribution in [2.24, 2.45) is 11.8 Å². The molecule has 0 bridgehead atoms. The van der Waals surface area contributed by atoms with Gasteiger partial charge in [-0.25, -0.2) is 9.59 Å². The maximum Gasteiger partial charge on any atom is 0.407 e. The smallest absolute Gasteiger partial charge is 0.407 e. The average molecular weight is 463 g/mol. The van der Waals surface area contributed by atoms with Crippen molar-refractivity contribution in [1.29, 1.82) is 0 Å². The van der Waals surface area contributed by atoms with Crippen LogP contribution in [0.2, 0.25) is 0 Å². The molecular weight excluding hydrogens is 432 g/mol. The van der Waals surface area contributed by atoms with E-state index in [1.165, 1.54) is 4.90 Å². The molecule has 2 aromatic carbocycles. The number of carboxylic acid groups (broad SMARTS) is 1. The lowest BCUT2D eigenvalue weighted by Crippen LogP contribution is -2.59. The van der Waals surface area contributed by atoms with Gasteiger partial charge in [0.25, 0.3) is 0 Å². The number of likely N-dealkylation sites (tertiary alicyclic amines) is 1. The molecule has 1 unspecified atom stereocenters. The minimum Gasteiger partial charge on any atom is -0.479 e. The van der Waals surface area contributed by atoms with Crippen LogP contribution in [0.1, 0.15) is 50.2 Å². The Hall–Kier alpha value is -3.35. The molecule has 1 heterocycles. The molecule has 3 aliphatic rings. The molecule has 2 aromatic rings. The first-order valence-corrected chi connectivity index (χ1v) is 12.0. The van der Waals surface area contributed by atoms with E-state index in [2.05, 4.69) is 29.6 Å². The highest BCUT2D eigenvalue weighted by Gasteiger charge is 2.67. The van der Waals surface area contributed by atoms with Gasteiger partial charge in [-0.15, -0.1) is 0 Å². The van der Waals surface area contributed by atoms with Crippen LogP contribution in [0.3, 0.4) is 0 Å². The predicted octanol–water partition coefficient (Wildman–Crippen LogP) is 4.02. The fraction of sp³-hybridized carbons (Fsp3) is 0.444. The van der Waals surface area contributed by atoms with Crippen LogP contribution >= 0.6 is 0 Å². The third-order valence-corrected chi connectivity index (χ3v) is 7.67. The Bertz CT molecular complexity index is 1100. The van der Waals surface area contributed by atoms with Gasteiger partial charge in [-0.2, -0.15) is 0 Å². The number of benzene rings is 2. The molecule has 2 fully saturated rings. The first kappa shape index (κ1) is 22.4. The summed E-state index contributed by atoms with van der Waals surface area (Å²) in [5, 5.41) is 12.6. The molecule has 0 spiro atoms. The second kappa shape index (κ2) is 8.46. The number of nitrogens with one attached hydrogen (secondary N) is 1. The second-order valence-corrected chi connectivity index (χ2v) is 9.95. The van der Waals surface area contributed by atoms with Crippen molar-refractivity contribution >= 4 is 18.0 Å². The van der Waals surface area contributed by atoms with Crippen LogP contribution < -0.4 is 5.32 Å². The van der Waals surface area contributed by atoms with Crippen LogP contribution in [0.25, 0.3) is 11.1 Å². The van der Waals surface area contributed by atoms with E-state index in [1.54, 1.807) is 0 Å². The van der Waals surface area contributed by atoms with Gasteiger partial charge in [-0.1, -0.05) is 62.4 Å². The summed E-state index contributed by atoms with van der Waals surface area (Å²) in [7, 11) is 0. The number of alkyl carbamates (subject to hydrolysis) is 1. The van der Waals surface area contributed by atoms with Crippen molar-refractivity contribution in [2.75, 3.05) is 13.2 Å². The first-order valence-electron chi connectivity index (χ1n) is 12.0. The highest BCUT2D eigenvalue weighted by molar-refractivity contribution is 5.94. The van der Waals surface area contributed by atoms with Crippen molar-refractivity contribution < 1.29 is 24.2 Å². The van der Waals surface area contributed by atoms with Crippen LogP contribution in [-0.2, 0) is 14.3 Å². The third kappa shape index (κ3) is 3.54. The number of fused-ring (bicyclic) bond motifs is 4. The molecule has 1 aliphatic heterocycles. The van der Waals surface area contributed by atoms with Crippen molar-refractivity contribution in [1.82, 2.24) is 10.2 Å². The van der Waals surface area contributed by atoms with Crippen molar-refractivity contribution in [3.8, 4) is 11.1 Å². The Morgan fingerprint density at radius 1 is 1.09 bits per heavy atom. The van der Waals surface area contributed by atoms with Crippen LogP contribution in [-0.4, -0.2) is 52.7 Å². The predicted molar refractivity (Wildman–Crippen MR) is 126 cm³/mol. The van der Waals surface area contributed by atoms with Gasteiger partial charge in [0.05, 0.1) is 0 Å². The van der Waals surface area contributed by atoms with E-state index in [4.69, 9.17) is 4.74 Å². The highest BCUT2D eigenvalue weighted by atomic mass is 16.5. The molecular formula is C27H30N2O5. The monoisotopic (exact) mass is 462 g/mol. The Labute approximate surface area is 199 Å². The number of ether oxygens (including phenoxy) is 1. The molecule has 7 heteroatoms. The normalized spacial score (nSPS) is 23.5. The van der Waals surface area contributed by atoms with E-state index in [1.807, 2.05) is 38.1 Å². The van der Waals surface area contributed by atoms with Gasteiger partial charge in [0.1, 0.15) is 18.2 Å². The van der Waals surface area contributed by atoms with E-state index in [0.29, 0.717) is 13.0 Å². The Morgan fingerprint density at radius 3 is 2.29 bits per heavy atom. The van der Waals surface area contributed by atoms with Crippen molar-refractivity contribution in [3.63, 3.8) is 0 Å². The first-order chi connectivity index (χ1) is 16.3. The summed E-state index contributed by atoms with van der Waals surface area (Å²) in [5.74, 6) is -1.57. The van der Waals surface area contributed by atoms with Gasteiger partial charge in [-0.05, 0) is 53.4 Å². The number of hydrogen-bond acceptors (Lipinski definition) is 4. The molecule has 5 rings (SSSR count). The number of amides is 2. The molecule has 178 valence electrons. The fourth-order valence-corrected chi connectivity index (χ4v) is 5.82. The number of carbonyl (C=O) groups excluding carboxylic acids is 2. The van der Waals surface area contributed by atoms with Crippen LogP contribution in [0, 0.1) is 11.8 Å². The minimum absolute atomic E-state index is 0.00460. The van der Waals surface area contributed by atoms with Crippen LogP contribution in [0.4, 0.5) is 4.79 Å². The zero-order valence-electron chi connectivity index (χ0n) is 19.5. The van der Waals surface area contributed by atoms with Crippen LogP contribution in [0.5, 0.6) is 0 Å². The van der Waals surface area contributed by atoms with E-state index in [9.17, 15) is 19.5 Å². The van der Waals surface area contributed by atoms with Crippen LogP contribution in [0.15, 0.2) is 48.5 Å². The number of carbonyl (C=O) groups is 3. The third-order valence-electron chi connectivity index (χ3n) is 7.67. The quantitative estimate of drug-likeness (QED) is 0.676. The summed E-state index contributed by atoms with van der Waals surface area (Å²) in [6, 6.07) is 15.4. The van der Waals surface area contributed by atoms with E-state index < -0.39 is 23.6 Å². The lowest BCUT2D eigenvalue weighted by molar-refractivity contribution is -0.156. The molecule has 7 nitrogen and oxygen atoms in total. The standard InChI is InChI=1S/C27H30N2O5/c1-16(2)23(24(30)29-13-7-8-17-14-27(17,29)25(31)32)28-26(33)34-15-22-20-11-5-3-9-18(20)19-10-4-6-12-21(19)22/h3-6,9-12,16-17,22-23H,7-8,13-15H2,1-2H3,(H,28,33)(H,31,32)/t17-,23?,27+/m0/s1. The molecule has 3 atom stereocenters. The number of aliphatic carboxylic acids is 1. The average Bonchev–Trinajstić information content (AvgIpc) is 3.51. The van der Waals surface area contributed by atoms with E-state index in [0.717, 1.165) is 35.1 Å². The Morgan fingerprint density at radius 2 is 1.71 bits per heavy atom. The lowest BCUT2D eigenvalue weighted by atomic mass is 9.97. The largest absolute Gasteiger partial charge is 0.479 e. The summed E-state index contributed by atoms with van der Waals surface area (Å²) < 4.78 is 5.63. The number of hydrogen-bond donors (Lipinski definition) is 2. The van der Waals surface area contributed by atoms with Crippen molar-refractivity contribution in [3.05, 3.63) is 59.7 Å². The Kier molecular flexibility index (Phi) is 5.58. The molecule has 0 radical (unpaired) electrons. The van der Waals surface area contributed by atoms with E-state index >= 15 is 0 Å². The minimum atomic E-state index is -1.11. The summed E-state index contributed by atoms with van der Waals surface area (Å²) in [4.78, 5) is 39.7. The number of nitrogens with zero attached hydrogens (tertiary/aromatic N) is 1. The van der Waals surface area contributed by atoms with Gasteiger partial charge in [0.2, 0.25) is 5.91 Å². The zero-order valence-corrected chi connectivity index (χ0v) is 19.5. The molecule has 0 aromatic heterocycles. The molecule has 1 saturated carbocycles. The molecule has 2 amide bonds. The summed E-state index contributed by atoms with van der Waals surface area (Å²) in [6.45, 7) is 4.24. The SMILES string of the molecule is CC(C)C(NC(=O)OCC1c2ccccc2-c2ccccc21)C(=O)N1CCC[C@H]2C[C@]21C(=O)O. The molecule has 2 N–H and O–H groups in total. The second-order valence-electron chi connectivity index (χ2n) is 9.95. The van der Waals surface area contributed by atoms with Crippen molar-refractivity contribution in [2.45, 2.75) is 50.6 Å². The van der Waals surface area contributed by atoms with Gasteiger partial charge in [-0.3, -0.25) is 4.79 Å². The van der Waals surface area contributed by atoms with Gasteiger partial charge in [0.15, 0.2) is 0 Å². The highest BCUT2D eigenvalue weighted by Crippen LogP contribution is 2.54. The molecule has 2 aliphatic carbocycles. The summed E-state index contributed by atoms with van der Waals surface area (Å²) >= 11 is 0. The summed E-state index contributed by atoms with van der Waals surface area (Å²) in [6.07, 6.45) is 1.43. The van der Waals surface area contributed by atoms with Gasteiger partial charge in [0, 0.05) is 12.5 Å². The number of piperidine rings is 1. The van der Waals surface area contributed by atoms with Gasteiger partial charge >= 0.3 is 12.1 Å². The maximum atomic E-state index is 13.4. The van der Waals surface area contributed by atoms with E-state index in [-0.39, 0.29) is 30.3 Å². The molecule has 1 saturated heterocycles. The topological polar surface area (TPSA) is 95.9 Å². The Balaban J connectivity index is 1.28. The number of rotatable bonds is 6. The zero-order chi connectivity index (χ0) is 24.0. The molecule has 34 heavy (non-hydrogen) atoms. The lowest BCUT2D eigenvalue weighted by Gasteiger charge is -2.37. The van der Waals surface area contributed by atoms with Gasteiger partial charge < -0.3 is 20.1 Å². The maximum absolute atomic E-state index is 13.4.